The Morgan fingerprint density at radius 2 is 1.68 bits per heavy atom. The van der Waals surface area contributed by atoms with Crippen LogP contribution in [0.2, 0.25) is 0 Å². The third-order valence-electron chi connectivity index (χ3n) is 5.56. The first kappa shape index (κ1) is 23.6. The highest BCUT2D eigenvalue weighted by Crippen LogP contribution is 2.61. The minimum atomic E-state index is -4.83. The molecular formula is C23H20Cl2F4O2. The highest BCUT2D eigenvalue weighted by Gasteiger charge is 2.64. The second kappa shape index (κ2) is 8.47. The molecule has 1 fully saturated rings. The van der Waals surface area contributed by atoms with Gasteiger partial charge >= 0.3 is 17.3 Å². The standard InChI is InChI=1S/C23H20Cl2F4O2/c1-21(2)17(12-18(24)22(26,27)23(25,28)29)19(21)20(30)31-13-14-7-6-10-16(11-14)15-8-4-3-5-9-15/h3-12,17,19H,13H2,1-2H3/t17-,19-/m0/s1. The van der Waals surface area contributed by atoms with Gasteiger partial charge in [-0.15, -0.1) is 0 Å². The van der Waals surface area contributed by atoms with Crippen molar-refractivity contribution in [3.05, 3.63) is 71.3 Å². The normalized spacial score (nSPS) is 21.0. The quantitative estimate of drug-likeness (QED) is 0.239. The minimum absolute atomic E-state index is 0.00777. The van der Waals surface area contributed by atoms with Crippen molar-refractivity contribution in [3.63, 3.8) is 0 Å². The van der Waals surface area contributed by atoms with Gasteiger partial charge in [-0.05, 0) is 45.7 Å². The Labute approximate surface area is 187 Å². The summed E-state index contributed by atoms with van der Waals surface area (Å²) in [5.74, 6) is -6.89. The maximum absolute atomic E-state index is 13.6. The van der Waals surface area contributed by atoms with Gasteiger partial charge in [0.25, 0.3) is 0 Å². The summed E-state index contributed by atoms with van der Waals surface area (Å²) in [4.78, 5) is 12.5. The molecule has 0 radical (unpaired) electrons. The SMILES string of the molecule is CC1(C)[C@H](C(=O)OCc2cccc(-c3ccccc3)c2)[C@@H]1C=C(Cl)C(F)(F)C(F)(F)Cl. The van der Waals surface area contributed by atoms with E-state index in [1.807, 2.05) is 48.5 Å². The topological polar surface area (TPSA) is 26.3 Å². The molecule has 0 unspecified atom stereocenters. The lowest BCUT2D eigenvalue weighted by atomic mass is 10.0. The summed E-state index contributed by atoms with van der Waals surface area (Å²) in [5, 5.41) is -6.23. The van der Waals surface area contributed by atoms with Crippen molar-refractivity contribution in [1.82, 2.24) is 0 Å². The van der Waals surface area contributed by atoms with Crippen LogP contribution in [0.3, 0.4) is 0 Å². The average molecular weight is 475 g/mol. The molecule has 0 saturated heterocycles. The summed E-state index contributed by atoms with van der Waals surface area (Å²) in [6, 6.07) is 17.1. The van der Waals surface area contributed by atoms with Crippen LogP contribution in [0.15, 0.2) is 65.7 Å². The summed E-state index contributed by atoms with van der Waals surface area (Å²) < 4.78 is 58.5. The Hall–Kier alpha value is -2.05. The number of hydrogen-bond donors (Lipinski definition) is 0. The van der Waals surface area contributed by atoms with Crippen LogP contribution in [0, 0.1) is 17.3 Å². The van der Waals surface area contributed by atoms with E-state index in [1.165, 1.54) is 0 Å². The molecule has 166 valence electrons. The van der Waals surface area contributed by atoms with Gasteiger partial charge in [-0.25, -0.2) is 0 Å². The molecule has 0 aromatic heterocycles. The molecule has 2 aromatic carbocycles. The van der Waals surface area contributed by atoms with Gasteiger partial charge in [0.05, 0.1) is 11.0 Å². The maximum Gasteiger partial charge on any atom is 0.389 e. The minimum Gasteiger partial charge on any atom is -0.461 e. The first-order chi connectivity index (χ1) is 14.4. The smallest absolute Gasteiger partial charge is 0.389 e. The largest absolute Gasteiger partial charge is 0.461 e. The van der Waals surface area contributed by atoms with Gasteiger partial charge in [0.2, 0.25) is 0 Å². The molecule has 1 aliphatic carbocycles. The number of carbonyl (C=O) groups excluding carboxylic acids is 1. The van der Waals surface area contributed by atoms with Crippen molar-refractivity contribution in [2.45, 2.75) is 31.8 Å². The molecule has 1 aliphatic rings. The van der Waals surface area contributed by atoms with Crippen LogP contribution in [0.4, 0.5) is 17.6 Å². The number of rotatable bonds is 7. The van der Waals surface area contributed by atoms with E-state index in [0.717, 1.165) is 22.8 Å². The predicted octanol–water partition coefficient (Wildman–Crippen LogP) is 7.26. The second-order valence-corrected chi connectivity index (χ2v) is 8.97. The number of carbonyl (C=O) groups is 1. The van der Waals surface area contributed by atoms with Gasteiger partial charge in [-0.2, -0.15) is 17.6 Å². The molecule has 0 aliphatic heterocycles. The van der Waals surface area contributed by atoms with Crippen LogP contribution in [-0.2, 0) is 16.1 Å². The van der Waals surface area contributed by atoms with E-state index in [2.05, 4.69) is 11.6 Å². The Morgan fingerprint density at radius 3 is 2.29 bits per heavy atom. The lowest BCUT2D eigenvalue weighted by molar-refractivity contribution is -0.147. The monoisotopic (exact) mass is 474 g/mol. The molecule has 0 spiro atoms. The van der Waals surface area contributed by atoms with Crippen LogP contribution in [0.25, 0.3) is 11.1 Å². The Bertz CT molecular complexity index is 985. The zero-order valence-electron chi connectivity index (χ0n) is 16.7. The molecule has 3 rings (SSSR count). The van der Waals surface area contributed by atoms with Crippen LogP contribution in [-0.4, -0.2) is 17.3 Å². The third kappa shape index (κ3) is 4.90. The van der Waals surface area contributed by atoms with Crippen molar-refractivity contribution in [2.24, 2.45) is 17.3 Å². The fourth-order valence-electron chi connectivity index (χ4n) is 3.55. The Balaban J connectivity index is 1.67. The van der Waals surface area contributed by atoms with Crippen molar-refractivity contribution < 1.29 is 27.1 Å². The predicted molar refractivity (Wildman–Crippen MR) is 112 cm³/mol. The summed E-state index contributed by atoms with van der Waals surface area (Å²) in [6.45, 7) is 3.29. The van der Waals surface area contributed by atoms with Crippen molar-refractivity contribution in [1.29, 1.82) is 0 Å². The van der Waals surface area contributed by atoms with Crippen LogP contribution in [0.1, 0.15) is 19.4 Å². The highest BCUT2D eigenvalue weighted by atomic mass is 35.5. The molecule has 31 heavy (non-hydrogen) atoms. The van der Waals surface area contributed by atoms with Gasteiger partial charge in [-0.1, -0.05) is 80.1 Å². The summed E-state index contributed by atoms with van der Waals surface area (Å²) in [5.41, 5.74) is 1.96. The van der Waals surface area contributed by atoms with E-state index >= 15 is 0 Å². The van der Waals surface area contributed by atoms with Crippen LogP contribution in [0.5, 0.6) is 0 Å². The number of halogens is 6. The van der Waals surface area contributed by atoms with Crippen LogP contribution >= 0.6 is 23.2 Å². The fourth-order valence-corrected chi connectivity index (χ4v) is 3.96. The molecule has 8 heteroatoms. The van der Waals surface area contributed by atoms with Gasteiger partial charge in [-0.3, -0.25) is 4.79 Å². The first-order valence-electron chi connectivity index (χ1n) is 9.49. The maximum atomic E-state index is 13.6. The van der Waals surface area contributed by atoms with E-state index in [-0.39, 0.29) is 6.61 Å². The van der Waals surface area contributed by atoms with Crippen LogP contribution < -0.4 is 0 Å². The molecule has 2 atom stereocenters. The number of hydrogen-bond acceptors (Lipinski definition) is 2. The highest BCUT2D eigenvalue weighted by molar-refractivity contribution is 6.32. The van der Waals surface area contributed by atoms with E-state index < -0.39 is 39.6 Å². The average Bonchev–Trinajstić information content (AvgIpc) is 3.26. The lowest BCUT2D eigenvalue weighted by Crippen LogP contribution is -2.35. The lowest BCUT2D eigenvalue weighted by Gasteiger charge is -2.20. The van der Waals surface area contributed by atoms with Crippen molar-refractivity contribution in [2.75, 3.05) is 0 Å². The summed E-state index contributed by atoms with van der Waals surface area (Å²) >= 11 is 9.90. The summed E-state index contributed by atoms with van der Waals surface area (Å²) in [7, 11) is 0. The van der Waals surface area contributed by atoms with Crippen molar-refractivity contribution in [3.8, 4) is 11.1 Å². The van der Waals surface area contributed by atoms with E-state index in [1.54, 1.807) is 19.9 Å². The van der Waals surface area contributed by atoms with Gasteiger partial charge in [0.1, 0.15) is 6.61 Å². The number of allylic oxidation sites excluding steroid dienone is 2. The third-order valence-corrected chi connectivity index (χ3v) is 6.16. The summed E-state index contributed by atoms with van der Waals surface area (Å²) in [6.07, 6.45) is 0.778. The Morgan fingerprint density at radius 1 is 1.06 bits per heavy atom. The number of alkyl halides is 5. The fraction of sp³-hybridized carbons (Fsp3) is 0.348. The number of ether oxygens (including phenoxy) is 1. The molecule has 2 nitrogen and oxygen atoms in total. The van der Waals surface area contributed by atoms with Gasteiger partial charge in [0, 0.05) is 0 Å². The molecule has 0 N–H and O–H groups in total. The molecule has 2 aromatic rings. The molecule has 0 heterocycles. The van der Waals surface area contributed by atoms with Gasteiger partial charge in [0.15, 0.2) is 0 Å². The van der Waals surface area contributed by atoms with E-state index in [4.69, 9.17) is 16.3 Å². The first-order valence-corrected chi connectivity index (χ1v) is 10.2. The second-order valence-electron chi connectivity index (χ2n) is 8.09. The molecule has 0 bridgehead atoms. The molecule has 0 amide bonds. The zero-order valence-corrected chi connectivity index (χ0v) is 18.2. The van der Waals surface area contributed by atoms with Crippen molar-refractivity contribution >= 4 is 29.2 Å². The molecule has 1 saturated carbocycles. The van der Waals surface area contributed by atoms with E-state index in [9.17, 15) is 22.4 Å². The van der Waals surface area contributed by atoms with E-state index in [0.29, 0.717) is 0 Å². The number of esters is 1. The van der Waals surface area contributed by atoms with Gasteiger partial charge < -0.3 is 4.74 Å². The zero-order chi connectivity index (χ0) is 23.0. The number of benzene rings is 2. The molecular weight excluding hydrogens is 455 g/mol. The Kier molecular flexibility index (Phi) is 6.45.